The number of carbonyl (C=O) groups excluding carboxylic acids is 5. The molecule has 0 bridgehead atoms. The summed E-state index contributed by atoms with van der Waals surface area (Å²) in [4.78, 5) is 55.3. The van der Waals surface area contributed by atoms with Gasteiger partial charge in [0.15, 0.2) is 0 Å². The number of hydrogen-bond donors (Lipinski definition) is 5. The lowest BCUT2D eigenvalue weighted by atomic mass is 9.84. The standard InChI is InChI=1S/C15H27NO4.C11H22N2O2.C9H18N2O2.C3H5ClO.ClH/c1-15(2,3)20-14(18)9-11-5-7-12(8-6-11)16-13(17)10-19-4;1-11(2,3)15-10(14)13-9-6-4-8(12)5-7-9;1-13-6-9(12)11-8-4-2-7(10)3-5-8;1-2-3(4)5;/h11-12H,5-10H2,1-4H3,(H,16,17);8-9H,4-7,12H2,1-3H3,(H,13,14);7-8H,2-6,10H2,1H3,(H,11,12);2H2,1H3;1H. The van der Waals surface area contributed by atoms with E-state index in [0.29, 0.717) is 36.9 Å². The molecular weight excluding hydrogens is 741 g/mol. The van der Waals surface area contributed by atoms with Crippen LogP contribution >= 0.6 is 24.0 Å². The Hall–Kier alpha value is -2.23. The average molecular weight is 815 g/mol. The van der Waals surface area contributed by atoms with Crippen molar-refractivity contribution in [2.75, 3.05) is 27.4 Å². The second-order valence-electron chi connectivity index (χ2n) is 16.1. The molecule has 7 N–H and O–H groups in total. The first-order valence-corrected chi connectivity index (χ1v) is 19.5. The zero-order chi connectivity index (χ0) is 40.6. The number of nitrogens with one attached hydrogen (secondary N) is 3. The van der Waals surface area contributed by atoms with Crippen molar-refractivity contribution in [2.45, 2.75) is 180 Å². The highest BCUT2D eigenvalue weighted by Gasteiger charge is 2.27. The van der Waals surface area contributed by atoms with E-state index in [1.807, 2.05) is 41.5 Å². The fourth-order valence-corrected chi connectivity index (χ4v) is 5.93. The predicted octanol–water partition coefficient (Wildman–Crippen LogP) is 5.42. The van der Waals surface area contributed by atoms with Crippen molar-refractivity contribution in [3.8, 4) is 0 Å². The molecule has 0 spiro atoms. The second-order valence-corrected chi connectivity index (χ2v) is 16.5. The minimum atomic E-state index is -0.421. The predicted molar refractivity (Wildman–Crippen MR) is 214 cm³/mol. The van der Waals surface area contributed by atoms with Gasteiger partial charge in [-0.05, 0) is 136 Å². The summed E-state index contributed by atoms with van der Waals surface area (Å²) in [6.45, 7) is 13.2. The Bertz CT molecular complexity index is 1060. The third-order valence-corrected chi connectivity index (χ3v) is 8.81. The lowest BCUT2D eigenvalue weighted by Crippen LogP contribution is -2.42. The number of amides is 3. The van der Waals surface area contributed by atoms with Crippen LogP contribution in [0.3, 0.4) is 0 Å². The molecule has 3 rings (SSSR count). The van der Waals surface area contributed by atoms with Crippen molar-refractivity contribution in [3.63, 3.8) is 0 Å². The highest BCUT2D eigenvalue weighted by atomic mass is 35.5. The summed E-state index contributed by atoms with van der Waals surface area (Å²) in [6, 6.07) is 1.40. The minimum absolute atomic E-state index is 0. The zero-order valence-electron chi connectivity index (χ0n) is 34.4. The lowest BCUT2D eigenvalue weighted by Gasteiger charge is -2.29. The maximum atomic E-state index is 11.8. The number of rotatable bonds is 10. The van der Waals surface area contributed by atoms with Crippen LogP contribution in [0.4, 0.5) is 4.79 Å². The molecule has 16 heteroatoms. The molecule has 0 saturated heterocycles. The van der Waals surface area contributed by atoms with Gasteiger partial charge in [-0.1, -0.05) is 6.92 Å². The monoisotopic (exact) mass is 813 g/mol. The molecule has 3 saturated carbocycles. The van der Waals surface area contributed by atoms with Crippen molar-refractivity contribution >= 4 is 53.1 Å². The number of carbonyl (C=O) groups is 5. The van der Waals surface area contributed by atoms with Crippen molar-refractivity contribution in [2.24, 2.45) is 17.4 Å². The molecule has 0 atom stereocenters. The van der Waals surface area contributed by atoms with Gasteiger partial charge < -0.3 is 46.4 Å². The molecule has 0 radical (unpaired) electrons. The van der Waals surface area contributed by atoms with Crippen molar-refractivity contribution in [3.05, 3.63) is 0 Å². The molecule has 0 aromatic carbocycles. The van der Waals surface area contributed by atoms with E-state index in [0.717, 1.165) is 77.0 Å². The number of halogens is 2. The summed E-state index contributed by atoms with van der Waals surface area (Å²) >= 11 is 4.82. The van der Waals surface area contributed by atoms with Gasteiger partial charge in [0, 0.05) is 57.3 Å². The molecule has 3 aliphatic carbocycles. The fraction of sp³-hybridized carbons (Fsp3) is 0.868. The third-order valence-electron chi connectivity index (χ3n) is 8.55. The molecule has 0 aromatic heterocycles. The second kappa shape index (κ2) is 29.1. The highest BCUT2D eigenvalue weighted by molar-refractivity contribution is 6.63. The van der Waals surface area contributed by atoms with Gasteiger partial charge in [-0.25, -0.2) is 4.79 Å². The van der Waals surface area contributed by atoms with Gasteiger partial charge in [-0.15, -0.1) is 12.4 Å². The van der Waals surface area contributed by atoms with Crippen LogP contribution in [0.1, 0.15) is 138 Å². The fourth-order valence-electron chi connectivity index (χ4n) is 5.93. The number of alkyl carbamates (subject to hydrolysis) is 1. The Kier molecular flexibility index (Phi) is 29.0. The van der Waals surface area contributed by atoms with E-state index in [1.54, 1.807) is 6.92 Å². The minimum Gasteiger partial charge on any atom is -0.460 e. The molecule has 0 unspecified atom stereocenters. The van der Waals surface area contributed by atoms with Crippen LogP contribution in [-0.2, 0) is 38.1 Å². The molecule has 318 valence electrons. The van der Waals surface area contributed by atoms with Gasteiger partial charge in [0.1, 0.15) is 24.4 Å². The average Bonchev–Trinajstić information content (AvgIpc) is 3.03. The number of esters is 1. The largest absolute Gasteiger partial charge is 0.460 e. The van der Waals surface area contributed by atoms with Gasteiger partial charge in [0.2, 0.25) is 17.1 Å². The van der Waals surface area contributed by atoms with E-state index in [9.17, 15) is 24.0 Å². The van der Waals surface area contributed by atoms with E-state index >= 15 is 0 Å². The van der Waals surface area contributed by atoms with Crippen molar-refractivity contribution in [1.82, 2.24) is 16.0 Å². The van der Waals surface area contributed by atoms with Crippen LogP contribution in [0.25, 0.3) is 0 Å². The van der Waals surface area contributed by atoms with Crippen LogP contribution in [0.15, 0.2) is 0 Å². The molecular formula is C38H73Cl2N5O9. The molecule has 3 aliphatic rings. The summed E-state index contributed by atoms with van der Waals surface area (Å²) in [5, 5.41) is 8.48. The molecule has 3 amide bonds. The Morgan fingerprint density at radius 1 is 0.611 bits per heavy atom. The smallest absolute Gasteiger partial charge is 0.407 e. The van der Waals surface area contributed by atoms with Gasteiger partial charge in [0.05, 0.1) is 0 Å². The Morgan fingerprint density at radius 3 is 1.26 bits per heavy atom. The summed E-state index contributed by atoms with van der Waals surface area (Å²) in [6.07, 6.45) is 12.3. The van der Waals surface area contributed by atoms with E-state index in [2.05, 4.69) is 16.0 Å². The lowest BCUT2D eigenvalue weighted by molar-refractivity contribution is -0.156. The van der Waals surface area contributed by atoms with E-state index in [4.69, 9.17) is 42.0 Å². The molecule has 3 fully saturated rings. The van der Waals surface area contributed by atoms with Gasteiger partial charge >= 0.3 is 12.1 Å². The van der Waals surface area contributed by atoms with Crippen LogP contribution < -0.4 is 27.4 Å². The normalized spacial score (nSPS) is 23.7. The quantitative estimate of drug-likeness (QED) is 0.139. The van der Waals surface area contributed by atoms with E-state index in [1.165, 1.54) is 14.2 Å². The number of ether oxygens (including phenoxy) is 4. The molecule has 0 aromatic rings. The Balaban J connectivity index is 0. The van der Waals surface area contributed by atoms with Crippen LogP contribution in [0.5, 0.6) is 0 Å². The molecule has 0 aliphatic heterocycles. The molecule has 54 heavy (non-hydrogen) atoms. The molecule has 0 heterocycles. The van der Waals surface area contributed by atoms with E-state index < -0.39 is 11.2 Å². The summed E-state index contributed by atoms with van der Waals surface area (Å²) < 4.78 is 20.0. The number of nitrogens with two attached hydrogens (primary N) is 2. The Labute approximate surface area is 335 Å². The Morgan fingerprint density at radius 2 is 0.944 bits per heavy atom. The SMILES string of the molecule is CC(C)(C)OC(=O)NC1CCC(N)CC1.CCC(=O)Cl.COCC(=O)NC1CCC(CC(=O)OC(C)(C)C)CC1.COCC(=O)NC1CCC(N)CC1.Cl. The first-order valence-electron chi connectivity index (χ1n) is 19.1. The maximum Gasteiger partial charge on any atom is 0.407 e. The van der Waals surface area contributed by atoms with Gasteiger partial charge in [0.25, 0.3) is 0 Å². The van der Waals surface area contributed by atoms with Crippen LogP contribution in [-0.4, -0.2) is 98.0 Å². The van der Waals surface area contributed by atoms with Gasteiger partial charge in [-0.3, -0.25) is 19.2 Å². The van der Waals surface area contributed by atoms with Gasteiger partial charge in [-0.2, -0.15) is 0 Å². The summed E-state index contributed by atoms with van der Waals surface area (Å²) in [5.74, 6) is 0.163. The van der Waals surface area contributed by atoms with Crippen LogP contribution in [0, 0.1) is 5.92 Å². The first kappa shape index (κ1) is 53.9. The summed E-state index contributed by atoms with van der Waals surface area (Å²) in [5.41, 5.74) is 10.7. The topological polar surface area (TPSA) is 210 Å². The number of methoxy groups -OCH3 is 2. The first-order chi connectivity index (χ1) is 24.7. The van der Waals surface area contributed by atoms with Crippen molar-refractivity contribution in [1.29, 1.82) is 0 Å². The maximum absolute atomic E-state index is 11.8. The zero-order valence-corrected chi connectivity index (χ0v) is 36.0. The van der Waals surface area contributed by atoms with Crippen molar-refractivity contribution < 1.29 is 42.9 Å². The molecule has 14 nitrogen and oxygen atoms in total. The third kappa shape index (κ3) is 31.0. The highest BCUT2D eigenvalue weighted by Crippen LogP contribution is 2.28. The number of hydrogen-bond acceptors (Lipinski definition) is 11. The van der Waals surface area contributed by atoms with E-state index in [-0.39, 0.29) is 66.8 Å². The van der Waals surface area contributed by atoms with Crippen LogP contribution in [0.2, 0.25) is 0 Å². The summed E-state index contributed by atoms with van der Waals surface area (Å²) in [7, 11) is 3.04.